The zero-order valence-corrected chi connectivity index (χ0v) is 11.2. The lowest BCUT2D eigenvalue weighted by Crippen LogP contribution is -2.52. The molecule has 2 rings (SSSR count). The third-order valence-corrected chi connectivity index (χ3v) is 4.34. The van der Waals surface area contributed by atoms with Crippen LogP contribution in [0.3, 0.4) is 0 Å². The Balaban J connectivity index is 2.09. The maximum absolute atomic E-state index is 12.3. The molecule has 0 spiro atoms. The van der Waals surface area contributed by atoms with E-state index < -0.39 is 0 Å². The van der Waals surface area contributed by atoms with Gasteiger partial charge >= 0.3 is 0 Å². The van der Waals surface area contributed by atoms with Gasteiger partial charge in [0.15, 0.2) is 0 Å². The molecule has 1 aliphatic heterocycles. The van der Waals surface area contributed by atoms with Crippen LogP contribution in [0.25, 0.3) is 0 Å². The molecule has 2 heterocycles. The van der Waals surface area contributed by atoms with E-state index in [1.807, 2.05) is 10.3 Å². The van der Waals surface area contributed by atoms with Crippen LogP contribution in [-0.4, -0.2) is 48.4 Å². The molecule has 94 valence electrons. The summed E-state index contributed by atoms with van der Waals surface area (Å²) in [7, 11) is 2.12. The highest BCUT2D eigenvalue weighted by Gasteiger charge is 2.27. The molecule has 0 saturated carbocycles. The Morgan fingerprint density at radius 2 is 2.35 bits per heavy atom. The summed E-state index contributed by atoms with van der Waals surface area (Å²) in [6.45, 7) is 4.70. The van der Waals surface area contributed by atoms with Gasteiger partial charge < -0.3 is 10.6 Å². The monoisotopic (exact) mass is 253 g/mol. The molecule has 0 aromatic carbocycles. The Kier molecular flexibility index (Phi) is 3.69. The van der Waals surface area contributed by atoms with Gasteiger partial charge in [0.1, 0.15) is 4.88 Å². The number of rotatable bonds is 2. The Bertz CT molecular complexity index is 404. The largest absolute Gasteiger partial charge is 0.397 e. The molecule has 1 atom stereocenters. The number of amides is 1. The summed E-state index contributed by atoms with van der Waals surface area (Å²) >= 11 is 1.43. The van der Waals surface area contributed by atoms with Crippen molar-refractivity contribution in [2.24, 2.45) is 0 Å². The van der Waals surface area contributed by atoms with Crippen LogP contribution in [0.2, 0.25) is 0 Å². The minimum atomic E-state index is 0.0871. The second-order valence-electron chi connectivity index (χ2n) is 4.50. The molecule has 4 nitrogen and oxygen atoms in total. The number of thiophene rings is 1. The van der Waals surface area contributed by atoms with E-state index in [9.17, 15) is 4.79 Å². The first-order chi connectivity index (χ1) is 8.13. The van der Waals surface area contributed by atoms with Gasteiger partial charge in [-0.25, -0.2) is 0 Å². The molecule has 1 aromatic rings. The zero-order chi connectivity index (χ0) is 12.4. The minimum Gasteiger partial charge on any atom is -0.397 e. The van der Waals surface area contributed by atoms with Crippen molar-refractivity contribution in [2.45, 2.75) is 19.4 Å². The molecule has 0 radical (unpaired) electrons. The molecule has 1 aliphatic rings. The summed E-state index contributed by atoms with van der Waals surface area (Å²) in [4.78, 5) is 17.2. The minimum absolute atomic E-state index is 0.0871. The van der Waals surface area contributed by atoms with Crippen molar-refractivity contribution in [3.63, 3.8) is 0 Å². The van der Waals surface area contributed by atoms with Crippen molar-refractivity contribution < 1.29 is 4.79 Å². The molecule has 1 unspecified atom stereocenters. The van der Waals surface area contributed by atoms with Gasteiger partial charge in [-0.3, -0.25) is 9.69 Å². The SMILES string of the molecule is CCC1CN(C(=O)c2sccc2N)CCN1C. The van der Waals surface area contributed by atoms with Crippen molar-refractivity contribution in [3.8, 4) is 0 Å². The average Bonchev–Trinajstić information content (AvgIpc) is 2.75. The normalized spacial score (nSPS) is 21.8. The summed E-state index contributed by atoms with van der Waals surface area (Å²) in [5.41, 5.74) is 6.40. The fourth-order valence-electron chi connectivity index (χ4n) is 2.21. The Hall–Kier alpha value is -1.07. The molecule has 0 bridgehead atoms. The van der Waals surface area contributed by atoms with Crippen molar-refractivity contribution >= 4 is 22.9 Å². The fraction of sp³-hybridized carbons (Fsp3) is 0.583. The number of carbonyl (C=O) groups is 1. The summed E-state index contributed by atoms with van der Waals surface area (Å²) in [5, 5.41) is 1.87. The second kappa shape index (κ2) is 5.06. The van der Waals surface area contributed by atoms with Gasteiger partial charge in [0, 0.05) is 25.7 Å². The third-order valence-electron chi connectivity index (χ3n) is 3.43. The molecular weight excluding hydrogens is 234 g/mol. The van der Waals surface area contributed by atoms with E-state index in [0.717, 1.165) is 26.1 Å². The van der Waals surface area contributed by atoms with Crippen LogP contribution in [0.1, 0.15) is 23.0 Å². The number of piperazine rings is 1. The van der Waals surface area contributed by atoms with E-state index in [4.69, 9.17) is 5.73 Å². The van der Waals surface area contributed by atoms with E-state index in [-0.39, 0.29) is 5.91 Å². The van der Waals surface area contributed by atoms with Gasteiger partial charge in [0.25, 0.3) is 5.91 Å². The topological polar surface area (TPSA) is 49.6 Å². The van der Waals surface area contributed by atoms with Gasteiger partial charge in [-0.15, -0.1) is 11.3 Å². The van der Waals surface area contributed by atoms with Gasteiger partial charge in [-0.1, -0.05) is 6.92 Å². The number of likely N-dealkylation sites (N-methyl/N-ethyl adjacent to an activating group) is 1. The van der Waals surface area contributed by atoms with E-state index >= 15 is 0 Å². The maximum atomic E-state index is 12.3. The maximum Gasteiger partial charge on any atom is 0.266 e. The summed E-state index contributed by atoms with van der Waals surface area (Å²) in [5.74, 6) is 0.0871. The molecule has 1 fully saturated rings. The zero-order valence-electron chi connectivity index (χ0n) is 10.3. The van der Waals surface area contributed by atoms with Crippen LogP contribution >= 0.6 is 11.3 Å². The molecule has 17 heavy (non-hydrogen) atoms. The highest BCUT2D eigenvalue weighted by atomic mass is 32.1. The molecule has 0 aliphatic carbocycles. The first kappa shape index (κ1) is 12.4. The van der Waals surface area contributed by atoms with Crippen LogP contribution in [-0.2, 0) is 0 Å². The highest BCUT2D eigenvalue weighted by Crippen LogP contribution is 2.22. The van der Waals surface area contributed by atoms with Gasteiger partial charge in [-0.05, 0) is 24.9 Å². The van der Waals surface area contributed by atoms with Crippen LogP contribution in [0.4, 0.5) is 5.69 Å². The van der Waals surface area contributed by atoms with E-state index in [1.165, 1.54) is 11.3 Å². The summed E-state index contributed by atoms with van der Waals surface area (Å²) in [6, 6.07) is 2.26. The van der Waals surface area contributed by atoms with Gasteiger partial charge in [-0.2, -0.15) is 0 Å². The lowest BCUT2D eigenvalue weighted by Gasteiger charge is -2.39. The van der Waals surface area contributed by atoms with Gasteiger partial charge in [0.05, 0.1) is 5.69 Å². The quantitative estimate of drug-likeness (QED) is 0.869. The lowest BCUT2D eigenvalue weighted by molar-refractivity contribution is 0.0547. The van der Waals surface area contributed by atoms with E-state index in [1.54, 1.807) is 6.07 Å². The van der Waals surface area contributed by atoms with Crippen molar-refractivity contribution in [1.29, 1.82) is 0 Å². The van der Waals surface area contributed by atoms with Crippen LogP contribution in [0.5, 0.6) is 0 Å². The summed E-state index contributed by atoms with van der Waals surface area (Å²) in [6.07, 6.45) is 1.07. The van der Waals surface area contributed by atoms with Crippen molar-refractivity contribution in [3.05, 3.63) is 16.3 Å². The Labute approximate surface area is 106 Å². The van der Waals surface area contributed by atoms with E-state index in [2.05, 4.69) is 18.9 Å². The predicted molar refractivity (Wildman–Crippen MR) is 71.3 cm³/mol. The van der Waals surface area contributed by atoms with Crippen molar-refractivity contribution in [2.75, 3.05) is 32.4 Å². The van der Waals surface area contributed by atoms with Gasteiger partial charge in [0.2, 0.25) is 0 Å². The van der Waals surface area contributed by atoms with Crippen molar-refractivity contribution in [1.82, 2.24) is 9.80 Å². The molecular formula is C12H19N3OS. The van der Waals surface area contributed by atoms with E-state index in [0.29, 0.717) is 16.6 Å². The molecule has 1 amide bonds. The van der Waals surface area contributed by atoms with Crippen LogP contribution in [0.15, 0.2) is 11.4 Å². The number of hydrogen-bond donors (Lipinski definition) is 1. The predicted octanol–water partition coefficient (Wildman–Crippen LogP) is 1.50. The number of anilines is 1. The molecule has 5 heteroatoms. The molecule has 2 N–H and O–H groups in total. The number of nitrogens with zero attached hydrogens (tertiary/aromatic N) is 2. The second-order valence-corrected chi connectivity index (χ2v) is 5.42. The Morgan fingerprint density at radius 1 is 1.59 bits per heavy atom. The molecule has 1 aromatic heterocycles. The summed E-state index contributed by atoms with van der Waals surface area (Å²) < 4.78 is 0. The molecule has 1 saturated heterocycles. The first-order valence-electron chi connectivity index (χ1n) is 5.96. The standard InChI is InChI=1S/C12H19N3OS/c1-3-9-8-15(6-5-14(9)2)12(16)11-10(13)4-7-17-11/h4,7,9H,3,5-6,8,13H2,1-2H3. The lowest BCUT2D eigenvalue weighted by atomic mass is 10.1. The Morgan fingerprint density at radius 3 is 2.94 bits per heavy atom. The number of carbonyl (C=O) groups excluding carboxylic acids is 1. The average molecular weight is 253 g/mol. The number of hydrogen-bond acceptors (Lipinski definition) is 4. The number of nitrogens with two attached hydrogens (primary N) is 1. The van der Waals surface area contributed by atoms with Crippen LogP contribution in [0, 0.1) is 0 Å². The van der Waals surface area contributed by atoms with Crippen LogP contribution < -0.4 is 5.73 Å². The first-order valence-corrected chi connectivity index (χ1v) is 6.84. The number of nitrogen functional groups attached to an aromatic ring is 1. The third kappa shape index (κ3) is 2.45. The fourth-order valence-corrected chi connectivity index (χ4v) is 2.99. The smallest absolute Gasteiger partial charge is 0.266 e. The highest BCUT2D eigenvalue weighted by molar-refractivity contribution is 7.12.